The van der Waals surface area contributed by atoms with Gasteiger partial charge in [0.1, 0.15) is 18.9 Å². The third kappa shape index (κ3) is 4.11. The smallest absolute Gasteiger partial charge is 0.120 e. The molecule has 1 aromatic rings. The van der Waals surface area contributed by atoms with E-state index < -0.39 is 0 Å². The van der Waals surface area contributed by atoms with Crippen LogP contribution in [0.4, 0.5) is 0 Å². The van der Waals surface area contributed by atoms with Gasteiger partial charge in [-0.15, -0.1) is 0 Å². The van der Waals surface area contributed by atoms with Crippen LogP contribution in [0.15, 0.2) is 36.9 Å². The van der Waals surface area contributed by atoms with Crippen molar-refractivity contribution in [3.8, 4) is 5.75 Å². The van der Waals surface area contributed by atoms with Gasteiger partial charge in [0, 0.05) is 11.5 Å². The number of quaternary nitrogens is 1. The Balaban J connectivity index is 1.88. The van der Waals surface area contributed by atoms with Gasteiger partial charge in [-0.05, 0) is 37.3 Å². The van der Waals surface area contributed by atoms with Gasteiger partial charge in [0.2, 0.25) is 0 Å². The van der Waals surface area contributed by atoms with E-state index in [1.54, 1.807) is 6.08 Å². The van der Waals surface area contributed by atoms with E-state index >= 15 is 0 Å². The van der Waals surface area contributed by atoms with Crippen molar-refractivity contribution >= 4 is 0 Å². The Labute approximate surface area is 123 Å². The van der Waals surface area contributed by atoms with Gasteiger partial charge in [0.15, 0.2) is 0 Å². The van der Waals surface area contributed by atoms with E-state index in [0.29, 0.717) is 6.61 Å². The largest absolute Gasteiger partial charge is 0.490 e. The first kappa shape index (κ1) is 15.1. The number of rotatable bonds is 6. The third-order valence-corrected chi connectivity index (χ3v) is 4.69. The van der Waals surface area contributed by atoms with Crippen LogP contribution in [-0.4, -0.2) is 12.6 Å². The van der Waals surface area contributed by atoms with Crippen molar-refractivity contribution in [2.45, 2.75) is 45.7 Å². The molecule has 0 aliphatic heterocycles. The molecule has 20 heavy (non-hydrogen) atoms. The standard InChI is InChI=1S/C18H27NO/c1-4-11-20-17-9-6-8-16(12-17)13-19-18-10-5-7-14(2)15(18)3/h4,6,8-9,12,14-15,18-19H,1,5,7,10-11,13H2,2-3H3/p+1/t14-,15+,18-/m0/s1. The van der Waals surface area contributed by atoms with E-state index in [9.17, 15) is 0 Å². The molecule has 0 saturated heterocycles. The van der Waals surface area contributed by atoms with Crippen LogP contribution in [0, 0.1) is 11.8 Å². The van der Waals surface area contributed by atoms with Gasteiger partial charge in [0.05, 0.1) is 6.04 Å². The summed E-state index contributed by atoms with van der Waals surface area (Å²) in [6.45, 7) is 10.1. The second kappa shape index (κ2) is 7.49. The van der Waals surface area contributed by atoms with Gasteiger partial charge in [-0.1, -0.05) is 38.6 Å². The lowest BCUT2D eigenvalue weighted by Gasteiger charge is -2.32. The molecule has 0 radical (unpaired) electrons. The lowest BCUT2D eigenvalue weighted by molar-refractivity contribution is -0.713. The quantitative estimate of drug-likeness (QED) is 0.792. The molecule has 0 spiro atoms. The fourth-order valence-electron chi connectivity index (χ4n) is 3.16. The average Bonchev–Trinajstić information content (AvgIpc) is 2.47. The van der Waals surface area contributed by atoms with Crippen molar-refractivity contribution < 1.29 is 10.1 Å². The molecule has 0 aromatic heterocycles. The summed E-state index contributed by atoms with van der Waals surface area (Å²) >= 11 is 0. The van der Waals surface area contributed by atoms with Crippen molar-refractivity contribution in [3.63, 3.8) is 0 Å². The highest BCUT2D eigenvalue weighted by Gasteiger charge is 2.29. The van der Waals surface area contributed by atoms with Crippen LogP contribution in [0.3, 0.4) is 0 Å². The van der Waals surface area contributed by atoms with E-state index in [0.717, 1.165) is 30.2 Å². The molecule has 2 N–H and O–H groups in total. The van der Waals surface area contributed by atoms with E-state index in [1.165, 1.54) is 24.8 Å². The molecule has 2 rings (SSSR count). The maximum absolute atomic E-state index is 5.59. The molecule has 0 amide bonds. The number of hydrogen-bond acceptors (Lipinski definition) is 1. The number of nitrogens with two attached hydrogens (primary N) is 1. The normalized spacial score (nSPS) is 26.2. The maximum Gasteiger partial charge on any atom is 0.120 e. The summed E-state index contributed by atoms with van der Waals surface area (Å²) in [5.74, 6) is 2.64. The van der Waals surface area contributed by atoms with Crippen molar-refractivity contribution in [1.29, 1.82) is 0 Å². The molecule has 1 aliphatic carbocycles. The molecule has 1 aliphatic rings. The van der Waals surface area contributed by atoms with Crippen LogP contribution >= 0.6 is 0 Å². The number of ether oxygens (including phenoxy) is 1. The van der Waals surface area contributed by atoms with E-state index in [1.807, 2.05) is 6.07 Å². The minimum atomic E-state index is 0.574. The molecule has 2 nitrogen and oxygen atoms in total. The molecule has 0 heterocycles. The molecular weight excluding hydrogens is 246 g/mol. The summed E-state index contributed by atoms with van der Waals surface area (Å²) in [7, 11) is 0. The Bertz CT molecular complexity index is 429. The minimum absolute atomic E-state index is 0.574. The van der Waals surface area contributed by atoms with Crippen LogP contribution in [0.2, 0.25) is 0 Å². The molecule has 0 unspecified atom stereocenters. The Hall–Kier alpha value is -1.28. The Morgan fingerprint density at radius 2 is 2.20 bits per heavy atom. The van der Waals surface area contributed by atoms with Gasteiger partial charge in [0.25, 0.3) is 0 Å². The first-order valence-electron chi connectivity index (χ1n) is 7.86. The SMILES string of the molecule is C=CCOc1cccc(C[NH2+][C@H]2CCC[C@H](C)[C@H]2C)c1. The molecule has 110 valence electrons. The van der Waals surface area contributed by atoms with E-state index in [4.69, 9.17) is 4.74 Å². The topological polar surface area (TPSA) is 25.8 Å². The van der Waals surface area contributed by atoms with Crippen molar-refractivity contribution in [3.05, 3.63) is 42.5 Å². The highest BCUT2D eigenvalue weighted by molar-refractivity contribution is 5.28. The van der Waals surface area contributed by atoms with Gasteiger partial charge < -0.3 is 10.1 Å². The zero-order valence-corrected chi connectivity index (χ0v) is 12.8. The first-order chi connectivity index (χ1) is 9.70. The van der Waals surface area contributed by atoms with Crippen LogP contribution < -0.4 is 10.1 Å². The van der Waals surface area contributed by atoms with Crippen LogP contribution in [-0.2, 0) is 6.54 Å². The highest BCUT2D eigenvalue weighted by Crippen LogP contribution is 2.27. The average molecular weight is 274 g/mol. The van der Waals surface area contributed by atoms with Crippen LogP contribution in [0.1, 0.15) is 38.7 Å². The van der Waals surface area contributed by atoms with Crippen LogP contribution in [0.5, 0.6) is 5.75 Å². The Morgan fingerprint density at radius 1 is 1.35 bits per heavy atom. The Morgan fingerprint density at radius 3 is 3.00 bits per heavy atom. The highest BCUT2D eigenvalue weighted by atomic mass is 16.5. The van der Waals surface area contributed by atoms with Crippen molar-refractivity contribution in [1.82, 2.24) is 0 Å². The fraction of sp³-hybridized carbons (Fsp3) is 0.556. The zero-order valence-electron chi connectivity index (χ0n) is 12.8. The summed E-state index contributed by atoms with van der Waals surface area (Å²) < 4.78 is 5.59. The van der Waals surface area contributed by atoms with Crippen LogP contribution in [0.25, 0.3) is 0 Å². The second-order valence-corrected chi connectivity index (χ2v) is 6.12. The molecule has 1 saturated carbocycles. The summed E-state index contributed by atoms with van der Waals surface area (Å²) in [5, 5.41) is 2.52. The Kier molecular flexibility index (Phi) is 5.66. The molecule has 1 fully saturated rings. The summed E-state index contributed by atoms with van der Waals surface area (Å²) in [5.41, 5.74) is 1.34. The predicted molar refractivity (Wildman–Crippen MR) is 83.7 cm³/mol. The van der Waals surface area contributed by atoms with Gasteiger partial charge in [-0.25, -0.2) is 0 Å². The van der Waals surface area contributed by atoms with Crippen molar-refractivity contribution in [2.24, 2.45) is 11.8 Å². The van der Waals surface area contributed by atoms with Gasteiger partial charge >= 0.3 is 0 Å². The molecule has 3 atom stereocenters. The van der Waals surface area contributed by atoms with Gasteiger partial charge in [-0.2, -0.15) is 0 Å². The lowest BCUT2D eigenvalue weighted by atomic mass is 9.78. The van der Waals surface area contributed by atoms with E-state index in [-0.39, 0.29) is 0 Å². The monoisotopic (exact) mass is 274 g/mol. The van der Waals surface area contributed by atoms with E-state index in [2.05, 4.69) is 43.9 Å². The lowest BCUT2D eigenvalue weighted by Crippen LogP contribution is -2.90. The van der Waals surface area contributed by atoms with Gasteiger partial charge in [-0.3, -0.25) is 0 Å². The molecule has 1 aromatic carbocycles. The maximum atomic E-state index is 5.59. The molecular formula is C18H28NO+. The number of hydrogen-bond donors (Lipinski definition) is 1. The summed E-state index contributed by atoms with van der Waals surface area (Å²) in [4.78, 5) is 0. The minimum Gasteiger partial charge on any atom is -0.490 e. The summed E-state index contributed by atoms with van der Waals surface area (Å²) in [6, 6.07) is 9.20. The molecule has 0 bridgehead atoms. The second-order valence-electron chi connectivity index (χ2n) is 6.12. The number of benzene rings is 1. The first-order valence-corrected chi connectivity index (χ1v) is 7.86. The summed E-state index contributed by atoms with van der Waals surface area (Å²) in [6.07, 6.45) is 5.92. The predicted octanol–water partition coefficient (Wildman–Crippen LogP) is 3.14. The molecule has 2 heteroatoms. The van der Waals surface area contributed by atoms with Crippen molar-refractivity contribution in [2.75, 3.05) is 6.61 Å². The fourth-order valence-corrected chi connectivity index (χ4v) is 3.16. The third-order valence-electron chi connectivity index (χ3n) is 4.69. The zero-order chi connectivity index (χ0) is 14.4.